The number of nitrogens with zero attached hydrogens (tertiary/aromatic N) is 4. The average Bonchev–Trinajstić information content (AvgIpc) is 3.27. The Morgan fingerprint density at radius 2 is 2.03 bits per heavy atom. The van der Waals surface area contributed by atoms with Crippen LogP contribution in [-0.2, 0) is 25.5 Å². The fourth-order valence-electron chi connectivity index (χ4n) is 5.89. The number of piperidine rings is 1. The molecule has 3 fully saturated rings. The van der Waals surface area contributed by atoms with Gasteiger partial charge in [0.15, 0.2) is 17.3 Å². The van der Waals surface area contributed by atoms with Gasteiger partial charge in [-0.3, -0.25) is 24.5 Å². The second kappa shape index (κ2) is 8.92. The minimum absolute atomic E-state index is 0.0980. The van der Waals surface area contributed by atoms with Crippen molar-refractivity contribution >= 4 is 40.2 Å². The molecule has 4 aliphatic heterocycles. The maximum atomic E-state index is 15.9. The summed E-state index contributed by atoms with van der Waals surface area (Å²) in [7, 11) is 0. The van der Waals surface area contributed by atoms with Crippen molar-refractivity contribution in [1.82, 2.24) is 15.4 Å². The Hall–Kier alpha value is -3.85. The quantitative estimate of drug-likeness (QED) is 0.443. The van der Waals surface area contributed by atoms with Gasteiger partial charge < -0.3 is 19.1 Å². The monoisotopic (exact) mass is 511 g/mol. The minimum atomic E-state index is -1.65. The Morgan fingerprint density at radius 3 is 2.70 bits per heavy atom. The van der Waals surface area contributed by atoms with Crippen molar-refractivity contribution < 1.29 is 32.8 Å². The first-order valence-electron chi connectivity index (χ1n) is 12.3. The number of morpholine rings is 1. The van der Waals surface area contributed by atoms with Gasteiger partial charge in [-0.2, -0.15) is 5.26 Å². The Morgan fingerprint density at radius 1 is 1.30 bits per heavy atom. The lowest BCUT2D eigenvalue weighted by atomic mass is 9.63. The number of anilines is 1. The Bertz CT molecular complexity index is 1350. The molecule has 2 aromatic rings. The first-order valence-corrected chi connectivity index (χ1v) is 12.3. The maximum absolute atomic E-state index is 15.9. The summed E-state index contributed by atoms with van der Waals surface area (Å²) in [5, 5.41) is 15.2. The van der Waals surface area contributed by atoms with Crippen LogP contribution in [0.5, 0.6) is 0 Å². The number of hydrogen-bond acceptors (Lipinski definition) is 9. The number of ketones is 1. The number of nitriles is 1. The van der Waals surface area contributed by atoms with Crippen molar-refractivity contribution in [2.24, 2.45) is 11.3 Å². The van der Waals surface area contributed by atoms with Crippen LogP contribution in [0.25, 0.3) is 11.0 Å². The summed E-state index contributed by atoms with van der Waals surface area (Å²) in [5.41, 5.74) is -1.44. The zero-order valence-electron chi connectivity index (χ0n) is 20.7. The number of carbonyl (C=O) groups excluding carboxylic acids is 4. The first kappa shape index (κ1) is 24.8. The molecule has 0 aliphatic carbocycles. The standard InChI is InChI=1S/C23H20FN5O6.C2H6/c1-10-20-23(14(30)5-15(31)26-22(23)33)6-12-4-13-17(21(32)28-8-11(7-25)9-28)27-35-19(13)16(24)18(12)29(20)2-3-34-10;1-2/h4,10-11,20H,2-3,5-6,8-9H2,1H3,(H,26,31,33);1-2H3/t10-,20+,23?;/m0./s1. The van der Waals surface area contributed by atoms with Gasteiger partial charge in [-0.25, -0.2) is 4.39 Å². The molecule has 0 bridgehead atoms. The van der Waals surface area contributed by atoms with E-state index in [-0.39, 0.29) is 60.9 Å². The van der Waals surface area contributed by atoms with Crippen LogP contribution in [0.3, 0.4) is 0 Å². The molecule has 12 heteroatoms. The van der Waals surface area contributed by atoms with E-state index in [9.17, 15) is 19.2 Å². The maximum Gasteiger partial charge on any atom is 0.276 e. The summed E-state index contributed by atoms with van der Waals surface area (Å²) in [6, 6.07) is 2.79. The molecule has 1 unspecified atom stereocenters. The Labute approximate surface area is 211 Å². The zero-order chi connectivity index (χ0) is 26.6. The van der Waals surface area contributed by atoms with E-state index in [2.05, 4.69) is 16.5 Å². The number of halogens is 1. The molecule has 1 N–H and O–H groups in total. The Kier molecular flexibility index (Phi) is 5.98. The molecule has 11 nitrogen and oxygen atoms in total. The Balaban J connectivity index is 0.00000137. The van der Waals surface area contributed by atoms with Crippen LogP contribution in [0.15, 0.2) is 10.6 Å². The second-order valence-electron chi connectivity index (χ2n) is 9.48. The van der Waals surface area contributed by atoms with Gasteiger partial charge in [0.1, 0.15) is 5.41 Å². The van der Waals surface area contributed by atoms with Crippen LogP contribution >= 0.6 is 0 Å². The third-order valence-corrected chi connectivity index (χ3v) is 7.54. The number of carbonyl (C=O) groups is 4. The molecule has 1 aromatic carbocycles. The molecule has 4 aliphatic rings. The summed E-state index contributed by atoms with van der Waals surface area (Å²) < 4.78 is 26.9. The highest BCUT2D eigenvalue weighted by molar-refractivity contribution is 6.22. The summed E-state index contributed by atoms with van der Waals surface area (Å²) in [4.78, 5) is 54.4. The fourth-order valence-corrected chi connectivity index (χ4v) is 5.89. The molecule has 194 valence electrons. The lowest BCUT2D eigenvalue weighted by Crippen LogP contribution is -2.71. The number of aromatic nitrogens is 1. The second-order valence-corrected chi connectivity index (χ2v) is 9.48. The van der Waals surface area contributed by atoms with Gasteiger partial charge in [-0.15, -0.1) is 0 Å². The number of benzene rings is 1. The predicted octanol–water partition coefficient (Wildman–Crippen LogP) is 1.34. The molecule has 5 heterocycles. The van der Waals surface area contributed by atoms with Crippen LogP contribution in [0.4, 0.5) is 10.1 Å². The smallest absolute Gasteiger partial charge is 0.276 e. The largest absolute Gasteiger partial charge is 0.374 e. The first-order chi connectivity index (χ1) is 17.8. The number of amides is 3. The van der Waals surface area contributed by atoms with Gasteiger partial charge >= 0.3 is 0 Å². The summed E-state index contributed by atoms with van der Waals surface area (Å²) in [6.07, 6.45) is -1.23. The molecule has 0 radical (unpaired) electrons. The van der Waals surface area contributed by atoms with Crippen LogP contribution in [0.1, 0.15) is 43.2 Å². The van der Waals surface area contributed by atoms with Gasteiger partial charge in [0.05, 0.1) is 48.2 Å². The summed E-state index contributed by atoms with van der Waals surface area (Å²) in [5.74, 6) is -3.45. The molecule has 1 aromatic heterocycles. The van der Waals surface area contributed by atoms with Crippen molar-refractivity contribution in [3.63, 3.8) is 0 Å². The van der Waals surface area contributed by atoms with Gasteiger partial charge in [0.2, 0.25) is 17.4 Å². The number of hydrogen-bond donors (Lipinski definition) is 1. The van der Waals surface area contributed by atoms with E-state index >= 15 is 4.39 Å². The highest BCUT2D eigenvalue weighted by Crippen LogP contribution is 2.49. The highest BCUT2D eigenvalue weighted by Gasteiger charge is 2.62. The van der Waals surface area contributed by atoms with E-state index in [1.807, 2.05) is 13.8 Å². The van der Waals surface area contributed by atoms with E-state index in [0.717, 1.165) is 0 Å². The number of rotatable bonds is 1. The third-order valence-electron chi connectivity index (χ3n) is 7.54. The molecule has 3 atom stereocenters. The van der Waals surface area contributed by atoms with Crippen LogP contribution in [0, 0.1) is 28.5 Å². The number of likely N-dealkylation sites (tertiary alicyclic amines) is 1. The van der Waals surface area contributed by atoms with E-state index in [1.54, 1.807) is 11.8 Å². The number of Topliss-reactive ketones (excluding diaryl/α,β-unsaturated/α-hetero) is 1. The molecule has 1 spiro atoms. The van der Waals surface area contributed by atoms with E-state index in [0.29, 0.717) is 5.56 Å². The van der Waals surface area contributed by atoms with E-state index in [1.165, 1.54) is 11.0 Å². The number of imide groups is 1. The molecule has 37 heavy (non-hydrogen) atoms. The molecule has 6 rings (SSSR count). The normalized spacial score (nSPS) is 27.1. The van der Waals surface area contributed by atoms with Crippen molar-refractivity contribution in [3.05, 3.63) is 23.1 Å². The topological polar surface area (TPSA) is 146 Å². The minimum Gasteiger partial charge on any atom is -0.374 e. The van der Waals surface area contributed by atoms with Crippen molar-refractivity contribution in [1.29, 1.82) is 5.26 Å². The number of fused-ring (bicyclic) bond motifs is 5. The molecular weight excluding hydrogens is 485 g/mol. The van der Waals surface area contributed by atoms with Gasteiger partial charge in [0.25, 0.3) is 5.91 Å². The van der Waals surface area contributed by atoms with Gasteiger partial charge in [-0.1, -0.05) is 19.0 Å². The van der Waals surface area contributed by atoms with Gasteiger partial charge in [-0.05, 0) is 25.0 Å². The average molecular weight is 512 g/mol. The number of ether oxygens (including phenoxy) is 1. The third kappa shape index (κ3) is 3.44. The van der Waals surface area contributed by atoms with Crippen molar-refractivity contribution in [2.45, 2.75) is 45.8 Å². The van der Waals surface area contributed by atoms with Crippen molar-refractivity contribution in [2.75, 3.05) is 31.1 Å². The van der Waals surface area contributed by atoms with E-state index < -0.39 is 53.3 Å². The van der Waals surface area contributed by atoms with E-state index in [4.69, 9.17) is 14.5 Å². The lowest BCUT2D eigenvalue weighted by Gasteiger charge is -2.54. The zero-order valence-corrected chi connectivity index (χ0v) is 20.7. The van der Waals surface area contributed by atoms with Crippen LogP contribution in [0.2, 0.25) is 0 Å². The molecule has 0 saturated carbocycles. The molecule has 3 amide bonds. The van der Waals surface area contributed by atoms with Crippen molar-refractivity contribution in [3.8, 4) is 6.07 Å². The molecular formula is C25H26FN5O6. The predicted molar refractivity (Wildman–Crippen MR) is 126 cm³/mol. The summed E-state index contributed by atoms with van der Waals surface area (Å²) >= 11 is 0. The number of nitrogens with one attached hydrogen (secondary N) is 1. The SMILES string of the molecule is CC.C[C@@H]1OCCN2c3c(cc4c(C(=O)N5CC(C#N)C5)noc4c3F)CC3(C(=O)CC(=O)NC3=O)[C@@H]12. The highest BCUT2D eigenvalue weighted by atomic mass is 19.1. The summed E-state index contributed by atoms with van der Waals surface area (Å²) in [6.45, 7) is 6.66. The van der Waals surface area contributed by atoms with Crippen LogP contribution < -0.4 is 10.2 Å². The lowest BCUT2D eigenvalue weighted by molar-refractivity contribution is -0.156. The van der Waals surface area contributed by atoms with Crippen LogP contribution in [-0.4, -0.2) is 71.9 Å². The van der Waals surface area contributed by atoms with Gasteiger partial charge in [0, 0.05) is 19.6 Å². The fraction of sp³-hybridized carbons (Fsp3) is 0.520. The molecule has 3 saturated heterocycles.